The van der Waals surface area contributed by atoms with Crippen molar-refractivity contribution in [3.63, 3.8) is 0 Å². The van der Waals surface area contributed by atoms with Crippen LogP contribution in [0.15, 0.2) is 45.9 Å². The van der Waals surface area contributed by atoms with Gasteiger partial charge < -0.3 is 15.1 Å². The molecular formula is C18H25ClN3O4S+. The number of hydrogen-bond donors (Lipinski definition) is 2. The molecular weight excluding hydrogens is 390 g/mol. The summed E-state index contributed by atoms with van der Waals surface area (Å²) in [6.07, 6.45) is 1.59. The van der Waals surface area contributed by atoms with Crippen molar-refractivity contribution in [2.45, 2.75) is 31.7 Å². The van der Waals surface area contributed by atoms with E-state index in [0.717, 1.165) is 5.76 Å². The molecule has 3 N–H and O–H groups in total. The van der Waals surface area contributed by atoms with Crippen LogP contribution < -0.4 is 10.6 Å². The minimum absolute atomic E-state index is 0.00502. The molecule has 148 valence electrons. The Balaban J connectivity index is 2.08. The monoisotopic (exact) mass is 414 g/mol. The van der Waals surface area contributed by atoms with Gasteiger partial charge in [0.05, 0.1) is 11.3 Å². The maximum absolute atomic E-state index is 12.7. The number of nitrogens with zero attached hydrogens (tertiary/aromatic N) is 1. The molecule has 9 heteroatoms. The molecule has 27 heavy (non-hydrogen) atoms. The van der Waals surface area contributed by atoms with Gasteiger partial charge in [0.25, 0.3) is 5.91 Å². The number of anilines is 1. The van der Waals surface area contributed by atoms with Crippen LogP contribution in [-0.4, -0.2) is 38.3 Å². The predicted molar refractivity (Wildman–Crippen MR) is 104 cm³/mol. The summed E-state index contributed by atoms with van der Waals surface area (Å²) in [5, 5.41) is 4.67. The summed E-state index contributed by atoms with van der Waals surface area (Å²) in [5.74, 6) is 0.531. The first-order valence-corrected chi connectivity index (χ1v) is 10.6. The van der Waals surface area contributed by atoms with Crippen molar-refractivity contribution in [3.05, 3.63) is 47.4 Å². The highest BCUT2D eigenvalue weighted by Crippen LogP contribution is 2.27. The van der Waals surface area contributed by atoms with Crippen LogP contribution in [0.5, 0.6) is 0 Å². The maximum Gasteiger partial charge on any atom is 0.279 e. The van der Waals surface area contributed by atoms with Crippen molar-refractivity contribution in [1.82, 2.24) is 4.31 Å². The van der Waals surface area contributed by atoms with E-state index in [2.05, 4.69) is 5.32 Å². The topological polar surface area (TPSA) is 96.2 Å². The number of amides is 1. The number of benzene rings is 1. The van der Waals surface area contributed by atoms with Gasteiger partial charge in [0, 0.05) is 18.8 Å². The third-order valence-electron chi connectivity index (χ3n) is 4.19. The zero-order chi connectivity index (χ0) is 20.0. The lowest BCUT2D eigenvalue weighted by atomic mass is 10.2. The van der Waals surface area contributed by atoms with Gasteiger partial charge >= 0.3 is 0 Å². The van der Waals surface area contributed by atoms with Crippen LogP contribution in [0.2, 0.25) is 5.02 Å². The molecule has 0 aliphatic carbocycles. The van der Waals surface area contributed by atoms with Crippen LogP contribution in [0.4, 0.5) is 5.69 Å². The highest BCUT2D eigenvalue weighted by atomic mass is 35.5. The van der Waals surface area contributed by atoms with Gasteiger partial charge in [0.15, 0.2) is 12.3 Å². The van der Waals surface area contributed by atoms with Crippen LogP contribution in [0.1, 0.15) is 32.6 Å². The Morgan fingerprint density at radius 3 is 2.59 bits per heavy atom. The third-order valence-corrected chi connectivity index (χ3v) is 6.72. The summed E-state index contributed by atoms with van der Waals surface area (Å²) in [6.45, 7) is 6.30. The number of furan rings is 1. The zero-order valence-corrected chi connectivity index (χ0v) is 17.2. The summed E-state index contributed by atoms with van der Waals surface area (Å²) in [7, 11) is -3.72. The number of carbonyl (C=O) groups is 1. The Hall–Kier alpha value is -1.87. The van der Waals surface area contributed by atoms with Gasteiger partial charge in [0.1, 0.15) is 10.9 Å². The first kappa shape index (κ1) is 21.4. The quantitative estimate of drug-likeness (QED) is 0.657. The molecule has 1 aromatic heterocycles. The second-order valence-corrected chi connectivity index (χ2v) is 8.34. The van der Waals surface area contributed by atoms with E-state index in [1.54, 1.807) is 32.2 Å². The van der Waals surface area contributed by atoms with Gasteiger partial charge in [-0.05, 0) is 37.3 Å². The average Bonchev–Trinajstić information content (AvgIpc) is 3.16. The molecule has 0 saturated carbocycles. The van der Waals surface area contributed by atoms with Gasteiger partial charge in [-0.2, -0.15) is 4.31 Å². The normalized spacial score (nSPS) is 12.9. The summed E-state index contributed by atoms with van der Waals surface area (Å²) >= 11 is 6.10. The van der Waals surface area contributed by atoms with Crippen molar-refractivity contribution in [1.29, 1.82) is 0 Å². The van der Waals surface area contributed by atoms with Gasteiger partial charge in [-0.1, -0.05) is 25.4 Å². The molecule has 0 aliphatic rings. The average molecular weight is 415 g/mol. The van der Waals surface area contributed by atoms with Crippen LogP contribution in [0, 0.1) is 0 Å². The Bertz CT molecular complexity index is 865. The van der Waals surface area contributed by atoms with Crippen LogP contribution in [0.3, 0.4) is 0 Å². The molecule has 0 bridgehead atoms. The maximum atomic E-state index is 12.7. The highest BCUT2D eigenvalue weighted by Gasteiger charge is 2.25. The van der Waals surface area contributed by atoms with E-state index in [9.17, 15) is 13.2 Å². The largest absolute Gasteiger partial charge is 0.463 e. The summed E-state index contributed by atoms with van der Waals surface area (Å²) in [4.78, 5) is 12.2. The molecule has 1 amide bonds. The number of hydrogen-bond acceptors (Lipinski definition) is 4. The van der Waals surface area contributed by atoms with Gasteiger partial charge in [-0.15, -0.1) is 0 Å². The van der Waals surface area contributed by atoms with E-state index >= 15 is 0 Å². The van der Waals surface area contributed by atoms with Crippen molar-refractivity contribution in [2.75, 3.05) is 25.0 Å². The summed E-state index contributed by atoms with van der Waals surface area (Å²) in [6, 6.07) is 8.09. The van der Waals surface area contributed by atoms with Crippen molar-refractivity contribution in [3.8, 4) is 0 Å². The minimum atomic E-state index is -3.72. The van der Waals surface area contributed by atoms with E-state index in [1.807, 2.05) is 18.3 Å². The Morgan fingerprint density at radius 2 is 2.00 bits per heavy atom. The van der Waals surface area contributed by atoms with E-state index in [4.69, 9.17) is 16.0 Å². The predicted octanol–water partition coefficient (Wildman–Crippen LogP) is 2.23. The van der Waals surface area contributed by atoms with Gasteiger partial charge in [-0.3, -0.25) is 4.79 Å². The molecule has 2 aromatic rings. The molecule has 0 aliphatic heterocycles. The van der Waals surface area contributed by atoms with E-state index < -0.39 is 10.0 Å². The molecule has 0 spiro atoms. The van der Waals surface area contributed by atoms with Crippen LogP contribution >= 0.6 is 11.6 Å². The number of sulfonamides is 1. The van der Waals surface area contributed by atoms with Crippen molar-refractivity contribution >= 4 is 33.2 Å². The Kier molecular flexibility index (Phi) is 7.43. The van der Waals surface area contributed by atoms with E-state index in [1.165, 1.54) is 16.4 Å². The fourth-order valence-corrected chi connectivity index (χ4v) is 4.60. The number of nitrogens with two attached hydrogens (primary N) is 1. The number of quaternary nitrogens is 1. The van der Waals surface area contributed by atoms with Crippen LogP contribution in [-0.2, 0) is 14.8 Å². The lowest BCUT2D eigenvalue weighted by Crippen LogP contribution is -2.86. The second kappa shape index (κ2) is 9.36. The molecule has 1 heterocycles. The number of carbonyl (C=O) groups excluding carboxylic acids is 1. The molecule has 0 unspecified atom stereocenters. The summed E-state index contributed by atoms with van der Waals surface area (Å²) in [5.41, 5.74) is 0.384. The van der Waals surface area contributed by atoms with E-state index in [0.29, 0.717) is 18.8 Å². The molecule has 7 nitrogen and oxygen atoms in total. The molecule has 1 aromatic carbocycles. The standard InChI is InChI=1S/C18H24ClN3O4S/c1-4-22(5-2)27(24,25)17-11-14(8-9-15(17)19)21-18(23)12-20-13(3)16-7-6-10-26-16/h6-11,13,20H,4-5,12H2,1-3H3,(H,21,23)/p+1/t13-/m0/s1. The lowest BCUT2D eigenvalue weighted by Gasteiger charge is -2.19. The number of nitrogens with one attached hydrogen (secondary N) is 1. The first-order valence-electron chi connectivity index (χ1n) is 8.75. The Labute approximate surface area is 164 Å². The van der Waals surface area contributed by atoms with Crippen molar-refractivity contribution < 1.29 is 22.9 Å². The minimum Gasteiger partial charge on any atom is -0.463 e. The SMILES string of the molecule is CCN(CC)S(=O)(=O)c1cc(NC(=O)C[NH2+][C@@H](C)c2ccco2)ccc1Cl. The zero-order valence-electron chi connectivity index (χ0n) is 15.6. The fourth-order valence-electron chi connectivity index (χ4n) is 2.64. The molecule has 0 saturated heterocycles. The fraction of sp³-hybridized carbons (Fsp3) is 0.389. The second-order valence-electron chi connectivity index (χ2n) is 6.03. The van der Waals surface area contributed by atoms with Gasteiger partial charge in [0.2, 0.25) is 10.0 Å². The smallest absolute Gasteiger partial charge is 0.279 e. The van der Waals surface area contributed by atoms with Crippen LogP contribution in [0.25, 0.3) is 0 Å². The number of halogens is 1. The Morgan fingerprint density at radius 1 is 1.30 bits per heavy atom. The van der Waals surface area contributed by atoms with E-state index in [-0.39, 0.29) is 28.4 Å². The third kappa shape index (κ3) is 5.32. The highest BCUT2D eigenvalue weighted by molar-refractivity contribution is 7.89. The molecule has 0 radical (unpaired) electrons. The van der Waals surface area contributed by atoms with Gasteiger partial charge in [-0.25, -0.2) is 8.42 Å². The molecule has 1 atom stereocenters. The molecule has 2 rings (SSSR count). The lowest BCUT2D eigenvalue weighted by molar-refractivity contribution is -0.684. The summed E-state index contributed by atoms with van der Waals surface area (Å²) < 4.78 is 32.0. The van der Waals surface area contributed by atoms with Crippen molar-refractivity contribution in [2.24, 2.45) is 0 Å². The first-order chi connectivity index (χ1) is 12.8. The molecule has 0 fully saturated rings. The number of rotatable bonds is 9.